The third-order valence-electron chi connectivity index (χ3n) is 5.06. The van der Waals surface area contributed by atoms with E-state index in [1.807, 2.05) is 0 Å². The average molecular weight is 502 g/mol. The highest BCUT2D eigenvalue weighted by atomic mass is 35.5. The maximum atomic E-state index is 13.3. The lowest BCUT2D eigenvalue weighted by Crippen LogP contribution is -2.20. The van der Waals surface area contributed by atoms with Crippen LogP contribution in [-0.4, -0.2) is 29.6 Å². The van der Waals surface area contributed by atoms with Crippen molar-refractivity contribution in [3.63, 3.8) is 0 Å². The molecule has 0 N–H and O–H groups in total. The highest BCUT2D eigenvalue weighted by Crippen LogP contribution is 2.36. The summed E-state index contributed by atoms with van der Waals surface area (Å²) in [6.07, 6.45) is -3.21. The minimum absolute atomic E-state index is 0.0410. The summed E-state index contributed by atoms with van der Waals surface area (Å²) < 4.78 is 51.8. The van der Waals surface area contributed by atoms with Crippen molar-refractivity contribution in [1.82, 2.24) is 9.66 Å². The van der Waals surface area contributed by atoms with E-state index in [1.165, 1.54) is 25.5 Å². The average Bonchev–Trinajstić information content (AvgIpc) is 2.83. The highest BCUT2D eigenvalue weighted by Gasteiger charge is 2.31. The van der Waals surface area contributed by atoms with Gasteiger partial charge in [-0.2, -0.15) is 22.9 Å². The Morgan fingerprint density at radius 3 is 2.60 bits per heavy atom. The first-order chi connectivity index (χ1) is 16.7. The van der Waals surface area contributed by atoms with Crippen LogP contribution in [0.2, 0.25) is 5.02 Å². The molecule has 6 nitrogen and oxygen atoms in total. The maximum Gasteiger partial charge on any atom is 0.416 e. The SMILES string of the molecule is CCOc1cc(C=Nn2c(-c3cccc(C(F)(F)F)c3)nc3ccccc3c2=O)cc(Cl)c1OC. The predicted octanol–water partition coefficient (Wildman–Crippen LogP) is 6.03. The second-order valence-electron chi connectivity index (χ2n) is 7.36. The van der Waals surface area contributed by atoms with Gasteiger partial charge < -0.3 is 9.47 Å². The van der Waals surface area contributed by atoms with Crippen molar-refractivity contribution in [3.8, 4) is 22.9 Å². The quantitative estimate of drug-likeness (QED) is 0.303. The number of aromatic nitrogens is 2. The van der Waals surface area contributed by atoms with Gasteiger partial charge in [0.1, 0.15) is 0 Å². The van der Waals surface area contributed by atoms with Crippen LogP contribution in [0.5, 0.6) is 11.5 Å². The lowest BCUT2D eigenvalue weighted by Gasteiger charge is -2.13. The van der Waals surface area contributed by atoms with Crippen LogP contribution >= 0.6 is 11.6 Å². The molecular formula is C25H19ClF3N3O3. The molecule has 10 heteroatoms. The molecule has 0 saturated heterocycles. The van der Waals surface area contributed by atoms with Crippen molar-refractivity contribution in [2.45, 2.75) is 13.1 Å². The van der Waals surface area contributed by atoms with Crippen molar-refractivity contribution < 1.29 is 22.6 Å². The summed E-state index contributed by atoms with van der Waals surface area (Å²) in [5.74, 6) is 0.687. The summed E-state index contributed by atoms with van der Waals surface area (Å²) in [6.45, 7) is 2.16. The monoisotopic (exact) mass is 501 g/mol. The molecule has 35 heavy (non-hydrogen) atoms. The van der Waals surface area contributed by atoms with Crippen molar-refractivity contribution >= 4 is 28.7 Å². The number of fused-ring (bicyclic) bond motifs is 1. The maximum absolute atomic E-state index is 13.3. The number of rotatable bonds is 6. The van der Waals surface area contributed by atoms with Crippen LogP contribution in [0.15, 0.2) is 70.6 Å². The fraction of sp³-hybridized carbons (Fsp3) is 0.160. The molecule has 0 unspecified atom stereocenters. The number of alkyl halides is 3. The lowest BCUT2D eigenvalue weighted by molar-refractivity contribution is -0.137. The van der Waals surface area contributed by atoms with Crippen LogP contribution in [0.1, 0.15) is 18.1 Å². The summed E-state index contributed by atoms with van der Waals surface area (Å²) in [5.41, 5.74) is -0.500. The van der Waals surface area contributed by atoms with Gasteiger partial charge in [-0.15, -0.1) is 0 Å². The van der Waals surface area contributed by atoms with Crippen molar-refractivity contribution in [3.05, 3.63) is 87.2 Å². The molecule has 0 fully saturated rings. The molecule has 4 aromatic rings. The summed E-state index contributed by atoms with van der Waals surface area (Å²) in [7, 11) is 1.46. The minimum Gasteiger partial charge on any atom is -0.491 e. The van der Waals surface area contributed by atoms with E-state index in [9.17, 15) is 18.0 Å². The molecule has 0 amide bonds. The highest BCUT2D eigenvalue weighted by molar-refractivity contribution is 6.32. The number of hydrogen-bond donors (Lipinski definition) is 0. The number of benzene rings is 3. The first kappa shape index (κ1) is 24.3. The normalized spacial score (nSPS) is 11.8. The number of ether oxygens (including phenoxy) is 2. The molecule has 0 spiro atoms. The zero-order valence-corrected chi connectivity index (χ0v) is 19.4. The molecule has 1 aromatic heterocycles. The fourth-order valence-corrected chi connectivity index (χ4v) is 3.80. The molecule has 0 aliphatic rings. The molecular weight excluding hydrogens is 483 g/mol. The second kappa shape index (κ2) is 9.79. The standard InChI is InChI=1S/C25H19ClF3N3O3/c1-3-35-21-12-15(11-19(26)22(21)34-2)14-30-32-23(16-7-6-8-17(13-16)25(27,28)29)31-20-10-5-4-9-18(20)24(32)33/h4-14H,3H2,1-2H3. The van der Waals surface area contributed by atoms with Gasteiger partial charge in [0, 0.05) is 5.56 Å². The van der Waals surface area contributed by atoms with Crippen LogP contribution in [0, 0.1) is 0 Å². The van der Waals surface area contributed by atoms with E-state index >= 15 is 0 Å². The van der Waals surface area contributed by atoms with Gasteiger partial charge in [-0.25, -0.2) is 4.98 Å². The molecule has 0 aliphatic carbocycles. The molecule has 3 aromatic carbocycles. The molecule has 0 aliphatic heterocycles. The van der Waals surface area contributed by atoms with Crippen LogP contribution in [-0.2, 0) is 6.18 Å². The fourth-order valence-electron chi connectivity index (χ4n) is 3.50. The van der Waals surface area contributed by atoms with Crippen LogP contribution in [0.3, 0.4) is 0 Å². The first-order valence-corrected chi connectivity index (χ1v) is 10.8. The van der Waals surface area contributed by atoms with E-state index in [4.69, 9.17) is 21.1 Å². The van der Waals surface area contributed by atoms with E-state index in [2.05, 4.69) is 10.1 Å². The van der Waals surface area contributed by atoms with Gasteiger partial charge in [0.25, 0.3) is 5.56 Å². The van der Waals surface area contributed by atoms with Gasteiger partial charge in [-0.1, -0.05) is 35.9 Å². The van der Waals surface area contributed by atoms with Gasteiger partial charge in [0.2, 0.25) is 0 Å². The van der Waals surface area contributed by atoms with Crippen molar-refractivity contribution in [1.29, 1.82) is 0 Å². The Hall–Kier alpha value is -3.85. The molecule has 0 saturated carbocycles. The summed E-state index contributed by atoms with van der Waals surface area (Å²) in [4.78, 5) is 17.7. The molecule has 0 bridgehead atoms. The van der Waals surface area contributed by atoms with Gasteiger partial charge in [0.15, 0.2) is 17.3 Å². The summed E-state index contributed by atoms with van der Waals surface area (Å²) in [6, 6.07) is 14.3. The summed E-state index contributed by atoms with van der Waals surface area (Å²) >= 11 is 6.29. The molecule has 4 rings (SSSR count). The third-order valence-corrected chi connectivity index (χ3v) is 5.34. The number of hydrogen-bond acceptors (Lipinski definition) is 5. The predicted molar refractivity (Wildman–Crippen MR) is 129 cm³/mol. The number of methoxy groups -OCH3 is 1. The Morgan fingerprint density at radius 1 is 1.11 bits per heavy atom. The minimum atomic E-state index is -4.56. The molecule has 0 radical (unpaired) electrons. The molecule has 180 valence electrons. The zero-order valence-electron chi connectivity index (χ0n) is 18.6. The van der Waals surface area contributed by atoms with E-state index in [1.54, 1.807) is 43.3 Å². The lowest BCUT2D eigenvalue weighted by atomic mass is 10.1. The first-order valence-electron chi connectivity index (χ1n) is 10.5. The van der Waals surface area contributed by atoms with Crippen LogP contribution in [0.4, 0.5) is 13.2 Å². The zero-order chi connectivity index (χ0) is 25.2. The van der Waals surface area contributed by atoms with Gasteiger partial charge in [-0.05, 0) is 48.9 Å². The molecule has 1 heterocycles. The van der Waals surface area contributed by atoms with Crippen LogP contribution < -0.4 is 15.0 Å². The second-order valence-corrected chi connectivity index (χ2v) is 7.77. The Balaban J connectivity index is 1.90. The van der Waals surface area contributed by atoms with E-state index < -0.39 is 17.3 Å². The Kier molecular flexibility index (Phi) is 6.79. The van der Waals surface area contributed by atoms with Gasteiger partial charge in [0.05, 0.1) is 41.4 Å². The van der Waals surface area contributed by atoms with E-state index in [0.29, 0.717) is 29.2 Å². The largest absolute Gasteiger partial charge is 0.491 e. The smallest absolute Gasteiger partial charge is 0.416 e. The van der Waals surface area contributed by atoms with E-state index in [-0.39, 0.29) is 21.8 Å². The Morgan fingerprint density at radius 2 is 1.89 bits per heavy atom. The Bertz CT molecular complexity index is 1480. The third kappa shape index (κ3) is 5.00. The van der Waals surface area contributed by atoms with Crippen LogP contribution in [0.25, 0.3) is 22.3 Å². The summed E-state index contributed by atoms with van der Waals surface area (Å²) in [5, 5.41) is 4.81. The van der Waals surface area contributed by atoms with Gasteiger partial charge >= 0.3 is 6.18 Å². The van der Waals surface area contributed by atoms with Gasteiger partial charge in [-0.3, -0.25) is 4.79 Å². The van der Waals surface area contributed by atoms with Crippen molar-refractivity contribution in [2.75, 3.05) is 13.7 Å². The number of nitrogens with zero attached hydrogens (tertiary/aromatic N) is 3. The topological polar surface area (TPSA) is 65.7 Å². The molecule has 0 atom stereocenters. The number of halogens is 4. The number of para-hydroxylation sites is 1. The van der Waals surface area contributed by atoms with Crippen molar-refractivity contribution in [2.24, 2.45) is 5.10 Å². The Labute approximate surface area is 203 Å². The van der Waals surface area contributed by atoms with E-state index in [0.717, 1.165) is 16.8 Å².